The molecule has 3 aliphatic carbocycles. The summed E-state index contributed by atoms with van der Waals surface area (Å²) in [6.07, 6.45) is 4.21. The number of nitrogens with one attached hydrogen (secondary N) is 1. The summed E-state index contributed by atoms with van der Waals surface area (Å²) in [4.78, 5) is 11.3. The first kappa shape index (κ1) is 11.3. The molecule has 1 aromatic carbocycles. The predicted molar refractivity (Wildman–Crippen MR) is 73.4 cm³/mol. The maximum Gasteiger partial charge on any atom is 0.337 e. The molecule has 3 saturated carbocycles. The molecule has 0 saturated heterocycles. The first-order valence-electron chi connectivity index (χ1n) is 7.25. The van der Waals surface area contributed by atoms with Gasteiger partial charge < -0.3 is 10.4 Å². The van der Waals surface area contributed by atoms with Crippen LogP contribution in [0.3, 0.4) is 0 Å². The molecule has 2 bridgehead atoms. The highest BCUT2D eigenvalue weighted by atomic mass is 16.4. The van der Waals surface area contributed by atoms with Crippen molar-refractivity contribution < 1.29 is 9.90 Å². The lowest BCUT2D eigenvalue weighted by Crippen LogP contribution is -2.15. The van der Waals surface area contributed by atoms with E-state index in [2.05, 4.69) is 5.32 Å². The lowest BCUT2D eigenvalue weighted by Gasteiger charge is -2.14. The Labute approximate surface area is 113 Å². The number of aromatic carboxylic acids is 1. The van der Waals surface area contributed by atoms with Crippen LogP contribution in [0.5, 0.6) is 0 Å². The quantitative estimate of drug-likeness (QED) is 0.874. The van der Waals surface area contributed by atoms with Crippen molar-refractivity contribution in [3.63, 3.8) is 0 Å². The zero-order chi connectivity index (χ0) is 13.1. The highest BCUT2D eigenvalue weighted by molar-refractivity contribution is 5.94. The maximum absolute atomic E-state index is 11.3. The second-order valence-electron chi connectivity index (χ2n) is 6.51. The summed E-state index contributed by atoms with van der Waals surface area (Å²) in [7, 11) is 0. The first-order valence-corrected chi connectivity index (χ1v) is 7.25. The summed E-state index contributed by atoms with van der Waals surface area (Å²) in [6, 6.07) is 6.21. The first-order chi connectivity index (χ1) is 9.15. The van der Waals surface area contributed by atoms with Crippen molar-refractivity contribution in [1.82, 2.24) is 0 Å². The number of carboxylic acid groups (broad SMARTS) is 1. The summed E-state index contributed by atoms with van der Waals surface area (Å²) in [5.74, 6) is 2.63. The van der Waals surface area contributed by atoms with Gasteiger partial charge in [-0.2, -0.15) is 0 Å². The van der Waals surface area contributed by atoms with Crippen molar-refractivity contribution in [3.05, 3.63) is 29.3 Å². The van der Waals surface area contributed by atoms with Crippen LogP contribution in [-0.2, 0) is 0 Å². The summed E-state index contributed by atoms with van der Waals surface area (Å²) in [6.45, 7) is 1.93. The van der Waals surface area contributed by atoms with E-state index in [1.54, 1.807) is 6.07 Å². The van der Waals surface area contributed by atoms with Crippen molar-refractivity contribution in [2.45, 2.75) is 32.2 Å². The van der Waals surface area contributed by atoms with E-state index in [-0.39, 0.29) is 0 Å². The standard InChI is InChI=1S/C16H19NO2/c1-8-2-5-12(11(6-8)16(18)19)17-15-13-9-3-4-10(7-9)14(13)15/h2,5-6,9-10,13-15,17H,3-4,7H2,1H3,(H,18,19). The minimum absolute atomic E-state index is 0.414. The Morgan fingerprint density at radius 3 is 2.58 bits per heavy atom. The highest BCUT2D eigenvalue weighted by Crippen LogP contribution is 2.66. The highest BCUT2D eigenvalue weighted by Gasteiger charge is 2.65. The number of hydrogen-bond donors (Lipinski definition) is 2. The number of anilines is 1. The van der Waals surface area contributed by atoms with Gasteiger partial charge in [0.25, 0.3) is 0 Å². The molecule has 2 N–H and O–H groups in total. The molecule has 19 heavy (non-hydrogen) atoms. The van der Waals surface area contributed by atoms with E-state index in [1.165, 1.54) is 19.3 Å². The van der Waals surface area contributed by atoms with Crippen LogP contribution >= 0.6 is 0 Å². The van der Waals surface area contributed by atoms with Gasteiger partial charge in [0.05, 0.1) is 5.56 Å². The average molecular weight is 257 g/mol. The Bertz CT molecular complexity index is 538. The lowest BCUT2D eigenvalue weighted by molar-refractivity contribution is 0.0698. The van der Waals surface area contributed by atoms with Crippen LogP contribution in [0.1, 0.15) is 35.2 Å². The fourth-order valence-electron chi connectivity index (χ4n) is 4.66. The number of benzene rings is 1. The molecule has 3 heteroatoms. The van der Waals surface area contributed by atoms with Crippen molar-refractivity contribution in [2.24, 2.45) is 23.7 Å². The van der Waals surface area contributed by atoms with Crippen LogP contribution in [0.4, 0.5) is 5.69 Å². The number of aryl methyl sites for hydroxylation is 1. The zero-order valence-corrected chi connectivity index (χ0v) is 11.1. The molecule has 0 amide bonds. The third kappa shape index (κ3) is 1.60. The summed E-state index contributed by atoms with van der Waals surface area (Å²) < 4.78 is 0. The van der Waals surface area contributed by atoms with Crippen LogP contribution in [-0.4, -0.2) is 17.1 Å². The molecule has 100 valence electrons. The van der Waals surface area contributed by atoms with E-state index in [4.69, 9.17) is 0 Å². The third-order valence-electron chi connectivity index (χ3n) is 5.46. The third-order valence-corrected chi connectivity index (χ3v) is 5.46. The van der Waals surface area contributed by atoms with Crippen LogP contribution in [0.15, 0.2) is 18.2 Å². The molecule has 4 rings (SSSR count). The number of rotatable bonds is 3. The molecule has 0 spiro atoms. The molecule has 0 aromatic heterocycles. The van der Waals surface area contributed by atoms with Crippen molar-refractivity contribution >= 4 is 11.7 Å². The van der Waals surface area contributed by atoms with Gasteiger partial charge in [0.1, 0.15) is 0 Å². The summed E-state index contributed by atoms with van der Waals surface area (Å²) >= 11 is 0. The molecule has 3 nitrogen and oxygen atoms in total. The van der Waals surface area contributed by atoms with E-state index in [1.807, 2.05) is 19.1 Å². The second kappa shape index (κ2) is 3.75. The Morgan fingerprint density at radius 1 is 1.26 bits per heavy atom. The number of fused-ring (bicyclic) bond motifs is 5. The Morgan fingerprint density at radius 2 is 1.95 bits per heavy atom. The largest absolute Gasteiger partial charge is 0.478 e. The van der Waals surface area contributed by atoms with E-state index in [0.29, 0.717) is 11.6 Å². The minimum Gasteiger partial charge on any atom is -0.478 e. The molecular weight excluding hydrogens is 238 g/mol. The van der Waals surface area contributed by atoms with Gasteiger partial charge >= 0.3 is 5.97 Å². The van der Waals surface area contributed by atoms with Crippen LogP contribution in [0.2, 0.25) is 0 Å². The smallest absolute Gasteiger partial charge is 0.337 e. The predicted octanol–water partition coefficient (Wildman–Crippen LogP) is 3.15. The average Bonchev–Trinajstić information content (AvgIpc) is 2.79. The van der Waals surface area contributed by atoms with Gasteiger partial charge in [-0.05, 0) is 62.0 Å². The van der Waals surface area contributed by atoms with Crippen LogP contribution in [0, 0.1) is 30.6 Å². The van der Waals surface area contributed by atoms with Gasteiger partial charge in [-0.25, -0.2) is 4.79 Å². The van der Waals surface area contributed by atoms with E-state index in [0.717, 1.165) is 34.9 Å². The van der Waals surface area contributed by atoms with Crippen LogP contribution < -0.4 is 5.32 Å². The maximum atomic E-state index is 11.3. The van der Waals surface area contributed by atoms with Gasteiger partial charge in [-0.3, -0.25) is 0 Å². The van der Waals surface area contributed by atoms with Crippen molar-refractivity contribution in [2.75, 3.05) is 5.32 Å². The van der Waals surface area contributed by atoms with E-state index < -0.39 is 5.97 Å². The Kier molecular flexibility index (Phi) is 2.23. The molecular formula is C16H19NO2. The molecule has 0 radical (unpaired) electrons. The Balaban J connectivity index is 1.57. The van der Waals surface area contributed by atoms with Gasteiger partial charge in [-0.1, -0.05) is 11.6 Å². The summed E-state index contributed by atoms with van der Waals surface area (Å²) in [5, 5.41) is 12.8. The minimum atomic E-state index is -0.833. The molecule has 1 aromatic rings. The molecule has 4 unspecified atom stereocenters. The molecule has 3 aliphatic rings. The normalized spacial score (nSPS) is 38.1. The molecule has 0 heterocycles. The lowest BCUT2D eigenvalue weighted by atomic mass is 10.0. The zero-order valence-electron chi connectivity index (χ0n) is 11.1. The monoisotopic (exact) mass is 257 g/mol. The molecule has 4 atom stereocenters. The number of carbonyl (C=O) groups is 1. The van der Waals surface area contributed by atoms with E-state index >= 15 is 0 Å². The van der Waals surface area contributed by atoms with Crippen LogP contribution in [0.25, 0.3) is 0 Å². The second-order valence-corrected chi connectivity index (χ2v) is 6.51. The fraction of sp³-hybridized carbons (Fsp3) is 0.562. The SMILES string of the molecule is Cc1ccc(NC2C3C4CCC(C4)C23)c(C(=O)O)c1. The Hall–Kier alpha value is -1.51. The van der Waals surface area contributed by atoms with Gasteiger partial charge in [-0.15, -0.1) is 0 Å². The van der Waals surface area contributed by atoms with E-state index in [9.17, 15) is 9.90 Å². The van der Waals surface area contributed by atoms with Gasteiger partial charge in [0.2, 0.25) is 0 Å². The molecule has 0 aliphatic heterocycles. The van der Waals surface area contributed by atoms with Gasteiger partial charge in [0.15, 0.2) is 0 Å². The van der Waals surface area contributed by atoms with Crippen molar-refractivity contribution in [3.8, 4) is 0 Å². The topological polar surface area (TPSA) is 49.3 Å². The fourth-order valence-corrected chi connectivity index (χ4v) is 4.66. The van der Waals surface area contributed by atoms with Gasteiger partial charge in [0, 0.05) is 11.7 Å². The number of carboxylic acids is 1. The molecule has 3 fully saturated rings. The number of hydrogen-bond acceptors (Lipinski definition) is 2. The van der Waals surface area contributed by atoms with Crippen molar-refractivity contribution in [1.29, 1.82) is 0 Å². The summed E-state index contributed by atoms with van der Waals surface area (Å²) in [5.41, 5.74) is 2.22.